The van der Waals surface area contributed by atoms with Crippen molar-refractivity contribution in [3.05, 3.63) is 23.3 Å². The molecule has 0 aromatic carbocycles. The Morgan fingerprint density at radius 2 is 2.33 bits per heavy atom. The number of carbonyl (C=O) groups is 1. The van der Waals surface area contributed by atoms with E-state index < -0.39 is 5.97 Å². The number of aromatic amines is 1. The van der Waals surface area contributed by atoms with Gasteiger partial charge in [0, 0.05) is 16.3 Å². The number of pyridine rings is 1. The molecule has 2 N–H and O–H groups in total. The summed E-state index contributed by atoms with van der Waals surface area (Å²) in [6.45, 7) is 0. The van der Waals surface area contributed by atoms with Crippen LogP contribution in [0.15, 0.2) is 18.5 Å². The van der Waals surface area contributed by atoms with Crippen LogP contribution >= 0.6 is 11.3 Å². The summed E-state index contributed by atoms with van der Waals surface area (Å²) in [6, 6.07) is 1.63. The van der Waals surface area contributed by atoms with Crippen LogP contribution in [-0.4, -0.2) is 26.3 Å². The van der Waals surface area contributed by atoms with E-state index in [1.54, 1.807) is 18.5 Å². The van der Waals surface area contributed by atoms with Crippen molar-refractivity contribution in [1.82, 2.24) is 15.2 Å². The summed E-state index contributed by atoms with van der Waals surface area (Å²) in [4.78, 5) is 15.3. The maximum absolute atomic E-state index is 10.8. The number of nitrogens with one attached hydrogen (secondary N) is 1. The molecule has 0 radical (unpaired) electrons. The van der Waals surface area contributed by atoms with Crippen LogP contribution in [0, 0.1) is 0 Å². The summed E-state index contributed by atoms with van der Waals surface area (Å²) in [6.07, 6.45) is 3.31. The van der Waals surface area contributed by atoms with Gasteiger partial charge >= 0.3 is 5.97 Å². The highest BCUT2D eigenvalue weighted by Crippen LogP contribution is 2.30. The van der Waals surface area contributed by atoms with Gasteiger partial charge in [0.05, 0.1) is 11.6 Å². The third-order valence-corrected chi connectivity index (χ3v) is 3.34. The molecule has 74 valence electrons. The predicted molar refractivity (Wildman–Crippen MR) is 56.2 cm³/mol. The number of hydrogen-bond donors (Lipinski definition) is 2. The summed E-state index contributed by atoms with van der Waals surface area (Å²) >= 11 is 1.24. The molecular weight excluding hydrogens is 214 g/mol. The predicted octanol–water partition coefficient (Wildman–Crippen LogP) is 1.87. The van der Waals surface area contributed by atoms with E-state index in [1.165, 1.54) is 11.3 Å². The number of aromatic nitrogens is 3. The molecule has 0 fully saturated rings. The maximum atomic E-state index is 10.8. The van der Waals surface area contributed by atoms with Crippen molar-refractivity contribution >= 4 is 38.4 Å². The quantitative estimate of drug-likeness (QED) is 0.654. The molecule has 3 aromatic rings. The lowest BCUT2D eigenvalue weighted by atomic mass is 10.3. The van der Waals surface area contributed by atoms with Crippen LogP contribution < -0.4 is 0 Å². The Kier molecular flexibility index (Phi) is 1.54. The van der Waals surface area contributed by atoms with E-state index >= 15 is 0 Å². The van der Waals surface area contributed by atoms with E-state index in [-0.39, 0.29) is 0 Å². The van der Waals surface area contributed by atoms with E-state index in [0.717, 1.165) is 15.5 Å². The number of hydrogen-bond acceptors (Lipinski definition) is 4. The number of thiophene rings is 1. The summed E-state index contributed by atoms with van der Waals surface area (Å²) < 4.78 is 0.908. The summed E-state index contributed by atoms with van der Waals surface area (Å²) in [5, 5.41) is 17.2. The Morgan fingerprint density at radius 3 is 3.13 bits per heavy atom. The minimum atomic E-state index is -0.909. The molecule has 3 aromatic heterocycles. The van der Waals surface area contributed by atoms with Gasteiger partial charge in [-0.3, -0.25) is 5.10 Å². The molecule has 3 rings (SSSR count). The van der Waals surface area contributed by atoms with Crippen LogP contribution in [0.4, 0.5) is 0 Å². The minimum Gasteiger partial charge on any atom is -0.477 e. The lowest BCUT2D eigenvalue weighted by Crippen LogP contribution is -1.89. The average molecular weight is 219 g/mol. The van der Waals surface area contributed by atoms with Gasteiger partial charge in [-0.25, -0.2) is 9.78 Å². The molecular formula is C9H5N3O2S. The van der Waals surface area contributed by atoms with Crippen LogP contribution in [0.1, 0.15) is 9.67 Å². The molecule has 0 amide bonds. The first-order valence-electron chi connectivity index (χ1n) is 4.20. The van der Waals surface area contributed by atoms with Crippen molar-refractivity contribution in [3.63, 3.8) is 0 Å². The Morgan fingerprint density at radius 1 is 1.47 bits per heavy atom. The molecule has 0 saturated heterocycles. The van der Waals surface area contributed by atoms with E-state index in [4.69, 9.17) is 5.11 Å². The Labute approximate surface area is 87.4 Å². The van der Waals surface area contributed by atoms with Gasteiger partial charge in [0.2, 0.25) is 0 Å². The molecule has 0 bridgehead atoms. The fourth-order valence-electron chi connectivity index (χ4n) is 1.49. The van der Waals surface area contributed by atoms with Crippen LogP contribution in [0.3, 0.4) is 0 Å². The SMILES string of the molecule is O=C(O)c1cc2cnc3[nH]ncc3c2s1. The number of rotatable bonds is 1. The monoisotopic (exact) mass is 219 g/mol. The van der Waals surface area contributed by atoms with Gasteiger partial charge in [0.1, 0.15) is 4.88 Å². The molecule has 0 unspecified atom stereocenters. The van der Waals surface area contributed by atoms with Gasteiger partial charge in [-0.05, 0) is 6.07 Å². The number of fused-ring (bicyclic) bond motifs is 3. The van der Waals surface area contributed by atoms with Crippen molar-refractivity contribution in [3.8, 4) is 0 Å². The Balaban J connectivity index is 2.46. The number of H-pyrrole nitrogens is 1. The molecule has 0 aliphatic carbocycles. The van der Waals surface area contributed by atoms with Crippen molar-refractivity contribution in [2.45, 2.75) is 0 Å². The smallest absolute Gasteiger partial charge is 0.345 e. The zero-order chi connectivity index (χ0) is 10.4. The normalized spacial score (nSPS) is 11.2. The fraction of sp³-hybridized carbons (Fsp3) is 0. The topological polar surface area (TPSA) is 78.9 Å². The van der Waals surface area contributed by atoms with Gasteiger partial charge in [-0.15, -0.1) is 11.3 Å². The third-order valence-electron chi connectivity index (χ3n) is 2.17. The summed E-state index contributed by atoms with van der Waals surface area (Å²) in [5.74, 6) is -0.909. The largest absolute Gasteiger partial charge is 0.477 e. The molecule has 6 heteroatoms. The fourth-order valence-corrected chi connectivity index (χ4v) is 2.48. The highest BCUT2D eigenvalue weighted by Gasteiger charge is 2.11. The molecule has 3 heterocycles. The summed E-state index contributed by atoms with van der Waals surface area (Å²) in [5.41, 5.74) is 0.682. The van der Waals surface area contributed by atoms with Crippen molar-refractivity contribution in [2.24, 2.45) is 0 Å². The molecule has 15 heavy (non-hydrogen) atoms. The molecule has 0 atom stereocenters. The van der Waals surface area contributed by atoms with E-state index in [1.807, 2.05) is 0 Å². The number of carboxylic acids is 1. The first-order chi connectivity index (χ1) is 7.25. The summed E-state index contributed by atoms with van der Waals surface area (Å²) in [7, 11) is 0. The lowest BCUT2D eigenvalue weighted by Gasteiger charge is -1.88. The first kappa shape index (κ1) is 8.37. The van der Waals surface area contributed by atoms with Crippen molar-refractivity contribution in [1.29, 1.82) is 0 Å². The van der Waals surface area contributed by atoms with Crippen molar-refractivity contribution < 1.29 is 9.90 Å². The molecule has 0 aliphatic rings. The molecule has 0 spiro atoms. The van der Waals surface area contributed by atoms with Crippen LogP contribution in [0.25, 0.3) is 21.1 Å². The average Bonchev–Trinajstić information content (AvgIpc) is 2.82. The number of nitrogens with zero attached hydrogens (tertiary/aromatic N) is 2. The molecule has 5 nitrogen and oxygen atoms in total. The first-order valence-corrected chi connectivity index (χ1v) is 5.02. The number of carboxylic acid groups (broad SMARTS) is 1. The van der Waals surface area contributed by atoms with Gasteiger partial charge < -0.3 is 5.11 Å². The standard InChI is InChI=1S/C9H5N3O2S/c13-9(14)6-1-4-2-10-8-5(3-11-12-8)7(4)15-6/h1-3H,(H,13,14)(H,10,11,12). The van der Waals surface area contributed by atoms with Gasteiger partial charge in [-0.1, -0.05) is 0 Å². The zero-order valence-electron chi connectivity index (χ0n) is 7.39. The van der Waals surface area contributed by atoms with E-state index in [0.29, 0.717) is 10.5 Å². The highest BCUT2D eigenvalue weighted by molar-refractivity contribution is 7.21. The highest BCUT2D eigenvalue weighted by atomic mass is 32.1. The second-order valence-electron chi connectivity index (χ2n) is 3.09. The van der Waals surface area contributed by atoms with Crippen LogP contribution in [0.5, 0.6) is 0 Å². The van der Waals surface area contributed by atoms with Crippen molar-refractivity contribution in [2.75, 3.05) is 0 Å². The van der Waals surface area contributed by atoms with E-state index in [2.05, 4.69) is 15.2 Å². The number of aromatic carboxylic acids is 1. The van der Waals surface area contributed by atoms with E-state index in [9.17, 15) is 4.79 Å². The Bertz CT molecular complexity index is 670. The second-order valence-corrected chi connectivity index (χ2v) is 4.14. The maximum Gasteiger partial charge on any atom is 0.345 e. The lowest BCUT2D eigenvalue weighted by molar-refractivity contribution is 0.0702. The zero-order valence-corrected chi connectivity index (χ0v) is 8.21. The molecule has 0 saturated carbocycles. The van der Waals surface area contributed by atoms with Gasteiger partial charge in [-0.2, -0.15) is 5.10 Å². The van der Waals surface area contributed by atoms with Gasteiger partial charge in [0.15, 0.2) is 5.65 Å². The van der Waals surface area contributed by atoms with Crippen LogP contribution in [0.2, 0.25) is 0 Å². The van der Waals surface area contributed by atoms with Gasteiger partial charge in [0.25, 0.3) is 0 Å². The van der Waals surface area contributed by atoms with Crippen LogP contribution in [-0.2, 0) is 0 Å². The third kappa shape index (κ3) is 1.11. The second kappa shape index (κ2) is 2.77. The Hall–Kier alpha value is -1.95. The molecule has 0 aliphatic heterocycles. The minimum absolute atomic E-state index is 0.320.